The van der Waals surface area contributed by atoms with Gasteiger partial charge >= 0.3 is 0 Å². The number of nitrogens with one attached hydrogen (secondary N) is 2. The summed E-state index contributed by atoms with van der Waals surface area (Å²) in [4.78, 5) is 19.2. The summed E-state index contributed by atoms with van der Waals surface area (Å²) in [5.41, 5.74) is 0. The SMILES string of the molecule is Cl.O=C(Nc1ccc(Br)cn1)C1CCCN(CC2CCNCC2)C1. The van der Waals surface area contributed by atoms with E-state index in [0.29, 0.717) is 5.82 Å². The van der Waals surface area contributed by atoms with Crippen LogP contribution in [0, 0.1) is 11.8 Å². The highest BCUT2D eigenvalue weighted by Crippen LogP contribution is 2.22. The van der Waals surface area contributed by atoms with E-state index in [-0.39, 0.29) is 24.2 Å². The number of nitrogens with zero attached hydrogens (tertiary/aromatic N) is 2. The van der Waals surface area contributed by atoms with Crippen LogP contribution in [0.1, 0.15) is 25.7 Å². The number of carbonyl (C=O) groups excluding carboxylic acids is 1. The monoisotopic (exact) mass is 416 g/mol. The van der Waals surface area contributed by atoms with E-state index < -0.39 is 0 Å². The van der Waals surface area contributed by atoms with E-state index in [9.17, 15) is 4.79 Å². The molecule has 1 aromatic rings. The average molecular weight is 418 g/mol. The molecule has 5 nitrogen and oxygen atoms in total. The van der Waals surface area contributed by atoms with Crippen LogP contribution >= 0.6 is 28.3 Å². The van der Waals surface area contributed by atoms with Gasteiger partial charge in [-0.25, -0.2) is 4.98 Å². The van der Waals surface area contributed by atoms with Crippen LogP contribution in [0.4, 0.5) is 5.82 Å². The van der Waals surface area contributed by atoms with Crippen LogP contribution in [0.25, 0.3) is 0 Å². The topological polar surface area (TPSA) is 57.3 Å². The maximum atomic E-state index is 12.5. The van der Waals surface area contributed by atoms with Crippen LogP contribution < -0.4 is 10.6 Å². The van der Waals surface area contributed by atoms with Gasteiger partial charge in [0, 0.05) is 23.8 Å². The third-order valence-electron chi connectivity index (χ3n) is 4.83. The fourth-order valence-electron chi connectivity index (χ4n) is 3.54. The minimum absolute atomic E-state index is 0. The first-order chi connectivity index (χ1) is 11.2. The molecule has 1 aromatic heterocycles. The number of hydrogen-bond acceptors (Lipinski definition) is 4. The Balaban J connectivity index is 0.00000208. The van der Waals surface area contributed by atoms with Crippen molar-refractivity contribution in [3.63, 3.8) is 0 Å². The number of piperidine rings is 2. The third-order valence-corrected chi connectivity index (χ3v) is 5.30. The highest BCUT2D eigenvalue weighted by Gasteiger charge is 2.27. The van der Waals surface area contributed by atoms with Gasteiger partial charge in [-0.1, -0.05) is 0 Å². The zero-order valence-electron chi connectivity index (χ0n) is 13.8. The number of pyridine rings is 1. The van der Waals surface area contributed by atoms with Crippen molar-refractivity contribution >= 4 is 40.1 Å². The van der Waals surface area contributed by atoms with Gasteiger partial charge in [0.1, 0.15) is 5.82 Å². The fourth-order valence-corrected chi connectivity index (χ4v) is 3.78. The Morgan fingerprint density at radius 2 is 2.12 bits per heavy atom. The fraction of sp³-hybridized carbons (Fsp3) is 0.647. The number of aromatic nitrogens is 1. The predicted octanol–water partition coefficient (Wildman–Crippen LogP) is 2.92. The van der Waals surface area contributed by atoms with Gasteiger partial charge in [-0.15, -0.1) is 12.4 Å². The van der Waals surface area contributed by atoms with Gasteiger partial charge < -0.3 is 15.5 Å². The molecule has 0 radical (unpaired) electrons. The summed E-state index contributed by atoms with van der Waals surface area (Å²) in [5, 5.41) is 6.37. The molecule has 0 saturated carbocycles. The maximum absolute atomic E-state index is 12.5. The summed E-state index contributed by atoms with van der Waals surface area (Å²) < 4.78 is 0.918. The second-order valence-electron chi connectivity index (χ2n) is 6.64. The highest BCUT2D eigenvalue weighted by atomic mass is 79.9. The van der Waals surface area contributed by atoms with Gasteiger partial charge in [-0.3, -0.25) is 4.79 Å². The minimum atomic E-state index is 0. The predicted molar refractivity (Wildman–Crippen MR) is 103 cm³/mol. The van der Waals surface area contributed by atoms with Crippen molar-refractivity contribution in [2.75, 3.05) is 38.0 Å². The molecular formula is C17H26BrClN4O. The first kappa shape index (κ1) is 19.6. The number of anilines is 1. The normalized spacial score (nSPS) is 22.6. The zero-order chi connectivity index (χ0) is 16.1. The molecule has 2 saturated heterocycles. The number of carbonyl (C=O) groups is 1. The molecule has 3 heterocycles. The number of likely N-dealkylation sites (tertiary alicyclic amines) is 1. The van der Waals surface area contributed by atoms with E-state index in [0.717, 1.165) is 56.0 Å². The molecule has 24 heavy (non-hydrogen) atoms. The second-order valence-corrected chi connectivity index (χ2v) is 7.56. The van der Waals surface area contributed by atoms with Gasteiger partial charge in [0.15, 0.2) is 0 Å². The Labute approximate surface area is 158 Å². The zero-order valence-corrected chi connectivity index (χ0v) is 16.2. The Kier molecular flexibility index (Phi) is 7.94. The first-order valence-corrected chi connectivity index (χ1v) is 9.35. The van der Waals surface area contributed by atoms with E-state index in [1.165, 1.54) is 12.8 Å². The molecule has 2 N–H and O–H groups in total. The molecule has 0 aliphatic carbocycles. The first-order valence-electron chi connectivity index (χ1n) is 8.56. The van der Waals surface area contributed by atoms with Gasteiger partial charge in [0.05, 0.1) is 5.92 Å². The summed E-state index contributed by atoms with van der Waals surface area (Å²) in [6.45, 7) is 5.42. The Hall–Kier alpha value is -0.690. The van der Waals surface area contributed by atoms with Crippen molar-refractivity contribution in [2.45, 2.75) is 25.7 Å². The Bertz CT molecular complexity index is 522. The number of amides is 1. The highest BCUT2D eigenvalue weighted by molar-refractivity contribution is 9.10. The van der Waals surface area contributed by atoms with E-state index in [1.54, 1.807) is 6.20 Å². The van der Waals surface area contributed by atoms with Crippen molar-refractivity contribution in [1.82, 2.24) is 15.2 Å². The van der Waals surface area contributed by atoms with Crippen LogP contribution in [0.3, 0.4) is 0 Å². The van der Waals surface area contributed by atoms with Crippen molar-refractivity contribution in [3.05, 3.63) is 22.8 Å². The molecule has 0 bridgehead atoms. The van der Waals surface area contributed by atoms with Crippen LogP contribution in [-0.2, 0) is 4.79 Å². The summed E-state index contributed by atoms with van der Waals surface area (Å²) in [7, 11) is 0. The molecule has 0 aromatic carbocycles. The molecule has 2 aliphatic heterocycles. The molecule has 2 fully saturated rings. The van der Waals surface area contributed by atoms with Crippen LogP contribution in [0.15, 0.2) is 22.8 Å². The van der Waals surface area contributed by atoms with Crippen molar-refractivity contribution in [1.29, 1.82) is 0 Å². The molecule has 0 spiro atoms. The summed E-state index contributed by atoms with van der Waals surface area (Å²) in [6, 6.07) is 3.73. The van der Waals surface area contributed by atoms with E-state index in [4.69, 9.17) is 0 Å². The van der Waals surface area contributed by atoms with Crippen molar-refractivity contribution < 1.29 is 4.79 Å². The smallest absolute Gasteiger partial charge is 0.229 e. The number of rotatable bonds is 4. The van der Waals surface area contributed by atoms with Gasteiger partial charge in [0.25, 0.3) is 0 Å². The van der Waals surface area contributed by atoms with Gasteiger partial charge in [0.2, 0.25) is 5.91 Å². The maximum Gasteiger partial charge on any atom is 0.229 e. The lowest BCUT2D eigenvalue weighted by molar-refractivity contribution is -0.121. The van der Waals surface area contributed by atoms with Gasteiger partial charge in [-0.2, -0.15) is 0 Å². The standard InChI is InChI=1S/C17H25BrN4O.ClH/c18-15-3-4-16(20-10-15)21-17(23)14-2-1-9-22(12-14)11-13-5-7-19-8-6-13;/h3-4,10,13-14,19H,1-2,5-9,11-12H2,(H,20,21,23);1H. The van der Waals surface area contributed by atoms with Crippen LogP contribution in [-0.4, -0.2) is 48.5 Å². The molecule has 3 rings (SSSR count). The quantitative estimate of drug-likeness (QED) is 0.791. The molecule has 7 heteroatoms. The second kappa shape index (κ2) is 9.70. The number of halogens is 2. The molecule has 1 atom stereocenters. The lowest BCUT2D eigenvalue weighted by Crippen LogP contribution is -2.44. The molecule has 1 unspecified atom stereocenters. The summed E-state index contributed by atoms with van der Waals surface area (Å²) >= 11 is 3.36. The van der Waals surface area contributed by atoms with Crippen molar-refractivity contribution in [3.8, 4) is 0 Å². The Morgan fingerprint density at radius 3 is 2.83 bits per heavy atom. The lowest BCUT2D eigenvalue weighted by Gasteiger charge is -2.35. The molecule has 134 valence electrons. The molecular weight excluding hydrogens is 392 g/mol. The van der Waals surface area contributed by atoms with Crippen LogP contribution in [0.2, 0.25) is 0 Å². The average Bonchev–Trinajstić information content (AvgIpc) is 2.58. The number of hydrogen-bond donors (Lipinski definition) is 2. The van der Waals surface area contributed by atoms with E-state index in [2.05, 4.69) is 36.4 Å². The Morgan fingerprint density at radius 1 is 1.33 bits per heavy atom. The minimum Gasteiger partial charge on any atom is -0.317 e. The third kappa shape index (κ3) is 5.69. The van der Waals surface area contributed by atoms with Gasteiger partial charge in [-0.05, 0) is 79.3 Å². The summed E-state index contributed by atoms with van der Waals surface area (Å²) in [5.74, 6) is 1.60. The largest absolute Gasteiger partial charge is 0.317 e. The summed E-state index contributed by atoms with van der Waals surface area (Å²) in [6.07, 6.45) is 6.31. The van der Waals surface area contributed by atoms with E-state index in [1.807, 2.05) is 12.1 Å². The lowest BCUT2D eigenvalue weighted by atomic mass is 9.93. The van der Waals surface area contributed by atoms with Crippen LogP contribution in [0.5, 0.6) is 0 Å². The van der Waals surface area contributed by atoms with E-state index >= 15 is 0 Å². The van der Waals surface area contributed by atoms with Crippen molar-refractivity contribution in [2.24, 2.45) is 11.8 Å². The molecule has 2 aliphatic rings. The molecule has 1 amide bonds.